The molecule has 0 radical (unpaired) electrons. The van der Waals surface area contributed by atoms with Crippen LogP contribution in [-0.2, 0) is 9.53 Å². The lowest BCUT2D eigenvalue weighted by Crippen LogP contribution is -2.23. The van der Waals surface area contributed by atoms with Gasteiger partial charge in [-0.3, -0.25) is 0 Å². The van der Waals surface area contributed by atoms with Gasteiger partial charge in [0.15, 0.2) is 0 Å². The van der Waals surface area contributed by atoms with Gasteiger partial charge in [0, 0.05) is 4.88 Å². The first-order chi connectivity index (χ1) is 6.81. The first-order valence-corrected chi connectivity index (χ1v) is 5.84. The van der Waals surface area contributed by atoms with Gasteiger partial charge >= 0.3 is 0 Å². The molecule has 0 spiro atoms. The van der Waals surface area contributed by atoms with Crippen molar-refractivity contribution in [2.75, 3.05) is 0 Å². The summed E-state index contributed by atoms with van der Waals surface area (Å²) < 4.78 is 5.70. The Labute approximate surface area is 87.9 Å². The van der Waals surface area contributed by atoms with Crippen molar-refractivity contribution in [2.45, 2.75) is 38.4 Å². The van der Waals surface area contributed by atoms with Crippen molar-refractivity contribution >= 4 is 17.6 Å². The summed E-state index contributed by atoms with van der Waals surface area (Å²) in [6.45, 7) is 2.10. The summed E-state index contributed by atoms with van der Waals surface area (Å²) in [5.41, 5.74) is 1.28. The average Bonchev–Trinajstić information content (AvgIpc) is 2.65. The van der Waals surface area contributed by atoms with Gasteiger partial charge in [0.25, 0.3) is 0 Å². The molecule has 2 atom stereocenters. The maximum absolute atomic E-state index is 10.6. The van der Waals surface area contributed by atoms with Gasteiger partial charge in [-0.25, -0.2) is 0 Å². The van der Waals surface area contributed by atoms with E-state index in [1.807, 2.05) is 0 Å². The minimum absolute atomic E-state index is 0.152. The van der Waals surface area contributed by atoms with Crippen molar-refractivity contribution in [3.05, 3.63) is 21.9 Å². The Morgan fingerprint density at radius 2 is 2.43 bits per heavy atom. The number of rotatable bonds is 2. The van der Waals surface area contributed by atoms with Crippen LogP contribution in [0.3, 0.4) is 0 Å². The highest BCUT2D eigenvalue weighted by Gasteiger charge is 2.24. The van der Waals surface area contributed by atoms with E-state index in [2.05, 4.69) is 18.4 Å². The maximum Gasteiger partial charge on any atom is 0.148 e. The van der Waals surface area contributed by atoms with Gasteiger partial charge in [0.05, 0.1) is 6.10 Å². The number of hydrogen-bond acceptors (Lipinski definition) is 3. The lowest BCUT2D eigenvalue weighted by atomic mass is 10.0. The van der Waals surface area contributed by atoms with Crippen LogP contribution in [0.25, 0.3) is 0 Å². The van der Waals surface area contributed by atoms with Crippen LogP contribution in [0, 0.1) is 6.92 Å². The van der Waals surface area contributed by atoms with E-state index >= 15 is 0 Å². The Hall–Kier alpha value is -0.670. The molecule has 3 heteroatoms. The van der Waals surface area contributed by atoms with E-state index in [-0.39, 0.29) is 12.2 Å². The van der Waals surface area contributed by atoms with Gasteiger partial charge in [-0.1, -0.05) is 0 Å². The first kappa shape index (κ1) is 9.87. The van der Waals surface area contributed by atoms with Gasteiger partial charge in [-0.05, 0) is 43.2 Å². The smallest absolute Gasteiger partial charge is 0.148 e. The minimum Gasteiger partial charge on any atom is -0.362 e. The molecule has 0 saturated carbocycles. The third-order valence-corrected chi connectivity index (χ3v) is 3.75. The van der Waals surface area contributed by atoms with Gasteiger partial charge < -0.3 is 9.53 Å². The second-order valence-electron chi connectivity index (χ2n) is 3.70. The fourth-order valence-corrected chi connectivity index (χ4v) is 2.86. The summed E-state index contributed by atoms with van der Waals surface area (Å²) in [7, 11) is 0. The SMILES string of the molecule is Cc1ccsc1C1CCCC(C=O)O1. The molecule has 1 fully saturated rings. The Bertz CT molecular complexity index is 319. The molecule has 1 aliphatic rings. The van der Waals surface area contributed by atoms with E-state index in [4.69, 9.17) is 4.74 Å². The molecule has 0 aliphatic carbocycles. The molecule has 1 aromatic heterocycles. The normalized spacial score (nSPS) is 27.5. The van der Waals surface area contributed by atoms with E-state index in [0.29, 0.717) is 0 Å². The van der Waals surface area contributed by atoms with Gasteiger partial charge in [-0.2, -0.15) is 0 Å². The number of thiophene rings is 1. The Morgan fingerprint density at radius 3 is 3.07 bits per heavy atom. The molecule has 2 unspecified atom stereocenters. The Kier molecular flexibility index (Phi) is 2.99. The van der Waals surface area contributed by atoms with Crippen LogP contribution in [0.5, 0.6) is 0 Å². The Balaban J connectivity index is 2.11. The molecule has 76 valence electrons. The van der Waals surface area contributed by atoms with Crippen LogP contribution < -0.4 is 0 Å². The zero-order chi connectivity index (χ0) is 9.97. The average molecular weight is 210 g/mol. The fourth-order valence-electron chi connectivity index (χ4n) is 1.86. The largest absolute Gasteiger partial charge is 0.362 e. The molecule has 2 heterocycles. The first-order valence-electron chi connectivity index (χ1n) is 4.96. The maximum atomic E-state index is 10.6. The monoisotopic (exact) mass is 210 g/mol. The molecule has 0 bridgehead atoms. The predicted molar refractivity (Wildman–Crippen MR) is 56.6 cm³/mol. The molecule has 0 N–H and O–H groups in total. The molecule has 0 aromatic carbocycles. The summed E-state index contributed by atoms with van der Waals surface area (Å²) in [5, 5.41) is 2.08. The third kappa shape index (κ3) is 1.88. The van der Waals surface area contributed by atoms with Crippen LogP contribution in [0.15, 0.2) is 11.4 Å². The van der Waals surface area contributed by atoms with Crippen molar-refractivity contribution < 1.29 is 9.53 Å². The van der Waals surface area contributed by atoms with Crippen molar-refractivity contribution in [1.29, 1.82) is 0 Å². The lowest BCUT2D eigenvalue weighted by Gasteiger charge is -2.26. The molecule has 2 nitrogen and oxygen atoms in total. The summed E-state index contributed by atoms with van der Waals surface area (Å²) in [5.74, 6) is 0. The van der Waals surface area contributed by atoms with Crippen molar-refractivity contribution in [2.24, 2.45) is 0 Å². The second kappa shape index (κ2) is 4.24. The number of carbonyl (C=O) groups excluding carboxylic acids is 1. The van der Waals surface area contributed by atoms with Crippen molar-refractivity contribution in [3.8, 4) is 0 Å². The highest BCUT2D eigenvalue weighted by molar-refractivity contribution is 7.10. The van der Waals surface area contributed by atoms with E-state index in [9.17, 15) is 4.79 Å². The highest BCUT2D eigenvalue weighted by Crippen LogP contribution is 2.35. The molecule has 1 aliphatic heterocycles. The third-order valence-electron chi connectivity index (χ3n) is 2.64. The molecular weight excluding hydrogens is 196 g/mol. The molecule has 14 heavy (non-hydrogen) atoms. The quantitative estimate of drug-likeness (QED) is 0.702. The second-order valence-corrected chi connectivity index (χ2v) is 4.65. The van der Waals surface area contributed by atoms with Crippen LogP contribution in [0.2, 0.25) is 0 Å². The van der Waals surface area contributed by atoms with E-state index in [1.54, 1.807) is 11.3 Å². The van der Waals surface area contributed by atoms with Gasteiger partial charge in [0.2, 0.25) is 0 Å². The zero-order valence-electron chi connectivity index (χ0n) is 8.23. The number of carbonyl (C=O) groups is 1. The molecular formula is C11H14O2S. The molecule has 2 rings (SSSR count). The van der Waals surface area contributed by atoms with Crippen LogP contribution in [0.4, 0.5) is 0 Å². The van der Waals surface area contributed by atoms with E-state index in [0.717, 1.165) is 25.5 Å². The molecule has 0 amide bonds. The summed E-state index contributed by atoms with van der Waals surface area (Å²) in [6.07, 6.45) is 3.91. The summed E-state index contributed by atoms with van der Waals surface area (Å²) in [4.78, 5) is 11.9. The highest BCUT2D eigenvalue weighted by atomic mass is 32.1. The topological polar surface area (TPSA) is 26.3 Å². The van der Waals surface area contributed by atoms with Gasteiger partial charge in [-0.15, -0.1) is 11.3 Å². The Morgan fingerprint density at radius 1 is 1.57 bits per heavy atom. The number of ether oxygens (including phenoxy) is 1. The van der Waals surface area contributed by atoms with E-state index in [1.165, 1.54) is 10.4 Å². The van der Waals surface area contributed by atoms with Crippen LogP contribution in [0.1, 0.15) is 35.8 Å². The number of aldehydes is 1. The zero-order valence-corrected chi connectivity index (χ0v) is 9.05. The van der Waals surface area contributed by atoms with E-state index < -0.39 is 0 Å². The standard InChI is InChI=1S/C11H14O2S/c1-8-5-6-14-11(8)10-4-2-3-9(7-12)13-10/h5-7,9-10H,2-4H2,1H3. The summed E-state index contributed by atoms with van der Waals surface area (Å²) in [6, 6.07) is 2.11. The number of aryl methyl sites for hydroxylation is 1. The van der Waals surface area contributed by atoms with Crippen molar-refractivity contribution in [1.82, 2.24) is 0 Å². The lowest BCUT2D eigenvalue weighted by molar-refractivity contribution is -0.126. The summed E-state index contributed by atoms with van der Waals surface area (Å²) >= 11 is 1.73. The molecule has 1 saturated heterocycles. The molecule has 1 aromatic rings. The fraction of sp³-hybridized carbons (Fsp3) is 0.545. The van der Waals surface area contributed by atoms with Crippen LogP contribution in [-0.4, -0.2) is 12.4 Å². The predicted octanol–water partition coefficient (Wildman–Crippen LogP) is 2.87. The minimum atomic E-state index is -0.185. The van der Waals surface area contributed by atoms with Crippen LogP contribution >= 0.6 is 11.3 Å². The number of hydrogen-bond donors (Lipinski definition) is 0. The van der Waals surface area contributed by atoms with Crippen molar-refractivity contribution in [3.63, 3.8) is 0 Å². The van der Waals surface area contributed by atoms with Gasteiger partial charge in [0.1, 0.15) is 12.4 Å².